The summed E-state index contributed by atoms with van der Waals surface area (Å²) in [7, 11) is 0. The lowest BCUT2D eigenvalue weighted by Crippen LogP contribution is -2.49. The average Bonchev–Trinajstić information content (AvgIpc) is 2.81. The van der Waals surface area contributed by atoms with Crippen LogP contribution in [0.15, 0.2) is 0 Å². The zero-order valence-corrected chi connectivity index (χ0v) is 13.0. The smallest absolute Gasteiger partial charge is 0.320 e. The molecule has 0 bridgehead atoms. The Kier molecular flexibility index (Phi) is 6.45. The number of aliphatic carboxylic acids is 1. The van der Waals surface area contributed by atoms with Crippen LogP contribution in [-0.4, -0.2) is 64.5 Å². The molecule has 1 saturated heterocycles. The molecule has 0 spiro atoms. The highest BCUT2D eigenvalue weighted by Gasteiger charge is 2.33. The van der Waals surface area contributed by atoms with Crippen molar-refractivity contribution < 1.29 is 19.5 Å². The third-order valence-corrected chi connectivity index (χ3v) is 3.47. The quantitative estimate of drug-likeness (QED) is 0.762. The summed E-state index contributed by atoms with van der Waals surface area (Å²) in [6, 6.07) is -0.491. The van der Waals surface area contributed by atoms with Crippen molar-refractivity contribution in [1.82, 2.24) is 15.1 Å². The van der Waals surface area contributed by atoms with Gasteiger partial charge in [0.1, 0.15) is 6.54 Å². The van der Waals surface area contributed by atoms with Gasteiger partial charge in [-0.1, -0.05) is 0 Å². The molecular formula is C14H25N3O4. The van der Waals surface area contributed by atoms with Crippen molar-refractivity contribution in [3.63, 3.8) is 0 Å². The number of carboxylic acids is 1. The Morgan fingerprint density at radius 2 is 2.05 bits per heavy atom. The third kappa shape index (κ3) is 5.24. The molecule has 1 heterocycles. The summed E-state index contributed by atoms with van der Waals surface area (Å²) in [6.45, 7) is 6.51. The highest BCUT2D eigenvalue weighted by molar-refractivity contribution is 5.84. The summed E-state index contributed by atoms with van der Waals surface area (Å²) in [5.41, 5.74) is 0. The van der Waals surface area contributed by atoms with Crippen molar-refractivity contribution in [2.24, 2.45) is 0 Å². The fraction of sp³-hybridized carbons (Fsp3) is 0.786. The minimum Gasteiger partial charge on any atom is -0.481 e. The molecule has 1 rings (SSSR count). The van der Waals surface area contributed by atoms with Crippen LogP contribution in [0.5, 0.6) is 0 Å². The van der Waals surface area contributed by atoms with E-state index in [2.05, 4.69) is 5.32 Å². The molecule has 21 heavy (non-hydrogen) atoms. The van der Waals surface area contributed by atoms with E-state index in [0.717, 1.165) is 6.42 Å². The van der Waals surface area contributed by atoms with E-state index in [1.165, 1.54) is 4.90 Å². The third-order valence-electron chi connectivity index (χ3n) is 3.47. The second-order valence-electron chi connectivity index (χ2n) is 5.61. The lowest BCUT2D eigenvalue weighted by molar-refractivity contribution is -0.138. The van der Waals surface area contributed by atoms with Gasteiger partial charge < -0.3 is 20.2 Å². The van der Waals surface area contributed by atoms with Crippen molar-refractivity contribution in [2.45, 2.75) is 52.1 Å². The number of likely N-dealkylation sites (N-methyl/N-ethyl adjacent to an activating group) is 1. The highest BCUT2D eigenvalue weighted by atomic mass is 16.4. The SMILES string of the molecule is CCN(CC(=O)NC(C)C)C(=O)N1CCCC1CC(=O)O. The molecule has 0 saturated carbocycles. The number of hydrogen-bond acceptors (Lipinski definition) is 3. The van der Waals surface area contributed by atoms with Crippen molar-refractivity contribution in [2.75, 3.05) is 19.6 Å². The molecule has 2 N–H and O–H groups in total. The van der Waals surface area contributed by atoms with Crippen LogP contribution in [0.25, 0.3) is 0 Å². The first-order valence-electron chi connectivity index (χ1n) is 7.41. The number of carbonyl (C=O) groups excluding carboxylic acids is 2. The van der Waals surface area contributed by atoms with Crippen LogP contribution in [0.3, 0.4) is 0 Å². The predicted octanol–water partition coefficient (Wildman–Crippen LogP) is 0.892. The van der Waals surface area contributed by atoms with Crippen LogP contribution in [0.1, 0.15) is 40.0 Å². The number of rotatable bonds is 6. The van der Waals surface area contributed by atoms with Gasteiger partial charge in [-0.15, -0.1) is 0 Å². The number of urea groups is 1. The number of amides is 3. The number of carbonyl (C=O) groups is 3. The molecule has 0 radical (unpaired) electrons. The molecule has 1 fully saturated rings. The fourth-order valence-electron chi connectivity index (χ4n) is 2.54. The summed E-state index contributed by atoms with van der Waals surface area (Å²) in [5.74, 6) is -1.10. The molecular weight excluding hydrogens is 274 g/mol. The minimum absolute atomic E-state index is 0.00377. The lowest BCUT2D eigenvalue weighted by Gasteiger charge is -2.30. The Morgan fingerprint density at radius 1 is 1.38 bits per heavy atom. The molecule has 120 valence electrons. The van der Waals surface area contributed by atoms with Gasteiger partial charge in [-0.05, 0) is 33.6 Å². The maximum Gasteiger partial charge on any atom is 0.320 e. The van der Waals surface area contributed by atoms with E-state index in [-0.39, 0.29) is 37.0 Å². The van der Waals surface area contributed by atoms with Gasteiger partial charge in [-0.2, -0.15) is 0 Å². The molecule has 0 aromatic rings. The average molecular weight is 299 g/mol. The van der Waals surface area contributed by atoms with Gasteiger partial charge in [0.05, 0.1) is 6.42 Å². The molecule has 3 amide bonds. The monoisotopic (exact) mass is 299 g/mol. The first-order valence-corrected chi connectivity index (χ1v) is 7.41. The van der Waals surface area contributed by atoms with Gasteiger partial charge >= 0.3 is 12.0 Å². The topological polar surface area (TPSA) is 90.0 Å². The highest BCUT2D eigenvalue weighted by Crippen LogP contribution is 2.21. The second-order valence-corrected chi connectivity index (χ2v) is 5.61. The van der Waals surface area contributed by atoms with Crippen LogP contribution in [-0.2, 0) is 9.59 Å². The summed E-state index contributed by atoms with van der Waals surface area (Å²) in [4.78, 5) is 38.1. The van der Waals surface area contributed by atoms with E-state index in [1.807, 2.05) is 20.8 Å². The van der Waals surface area contributed by atoms with Crippen molar-refractivity contribution in [3.8, 4) is 0 Å². The molecule has 0 aromatic carbocycles. The number of nitrogens with zero attached hydrogens (tertiary/aromatic N) is 2. The summed E-state index contributed by atoms with van der Waals surface area (Å²) in [5, 5.41) is 11.6. The summed E-state index contributed by atoms with van der Waals surface area (Å²) in [6.07, 6.45) is 1.47. The zero-order valence-electron chi connectivity index (χ0n) is 13.0. The second kappa shape index (κ2) is 7.85. The van der Waals surface area contributed by atoms with Gasteiger partial charge in [-0.3, -0.25) is 9.59 Å². The predicted molar refractivity (Wildman–Crippen MR) is 77.9 cm³/mol. The van der Waals surface area contributed by atoms with Crippen LogP contribution < -0.4 is 5.32 Å². The first kappa shape index (κ1) is 17.3. The van der Waals surface area contributed by atoms with E-state index >= 15 is 0 Å². The van der Waals surface area contributed by atoms with Crippen molar-refractivity contribution in [3.05, 3.63) is 0 Å². The Hall–Kier alpha value is -1.79. The molecule has 7 nitrogen and oxygen atoms in total. The summed E-state index contributed by atoms with van der Waals surface area (Å²) < 4.78 is 0. The van der Waals surface area contributed by atoms with Crippen molar-refractivity contribution >= 4 is 17.9 Å². The van der Waals surface area contributed by atoms with E-state index in [4.69, 9.17) is 5.11 Å². The van der Waals surface area contributed by atoms with Crippen LogP contribution >= 0.6 is 0 Å². The Morgan fingerprint density at radius 3 is 2.57 bits per heavy atom. The Bertz CT molecular complexity index is 398. The fourth-order valence-corrected chi connectivity index (χ4v) is 2.54. The maximum atomic E-state index is 12.5. The molecule has 7 heteroatoms. The number of carboxylic acid groups (broad SMARTS) is 1. The van der Waals surface area contributed by atoms with Gasteiger partial charge in [0, 0.05) is 25.2 Å². The van der Waals surface area contributed by atoms with Gasteiger partial charge in [0.25, 0.3) is 0 Å². The van der Waals surface area contributed by atoms with E-state index in [0.29, 0.717) is 19.5 Å². The molecule has 0 aromatic heterocycles. The Labute approximate surface area is 125 Å². The first-order chi connectivity index (χ1) is 9.85. The Balaban J connectivity index is 2.65. The van der Waals surface area contributed by atoms with Gasteiger partial charge in [-0.25, -0.2) is 4.79 Å². The molecule has 1 atom stereocenters. The molecule has 1 aliphatic rings. The molecule has 1 aliphatic heterocycles. The maximum absolute atomic E-state index is 12.5. The van der Waals surface area contributed by atoms with E-state index in [9.17, 15) is 14.4 Å². The number of nitrogens with one attached hydrogen (secondary N) is 1. The van der Waals surface area contributed by atoms with Gasteiger partial charge in [0.2, 0.25) is 5.91 Å². The number of hydrogen-bond donors (Lipinski definition) is 2. The summed E-state index contributed by atoms with van der Waals surface area (Å²) >= 11 is 0. The largest absolute Gasteiger partial charge is 0.481 e. The standard InChI is InChI=1S/C14H25N3O4/c1-4-16(9-12(18)15-10(2)3)14(21)17-7-5-6-11(17)8-13(19)20/h10-11H,4-9H2,1-3H3,(H,15,18)(H,19,20). The van der Waals surface area contributed by atoms with E-state index in [1.54, 1.807) is 4.90 Å². The number of likely N-dealkylation sites (tertiary alicyclic amines) is 1. The molecule has 0 aliphatic carbocycles. The lowest BCUT2D eigenvalue weighted by atomic mass is 10.1. The van der Waals surface area contributed by atoms with Crippen LogP contribution in [0.4, 0.5) is 4.79 Å². The van der Waals surface area contributed by atoms with Crippen LogP contribution in [0, 0.1) is 0 Å². The normalized spacial score (nSPS) is 17.9. The zero-order chi connectivity index (χ0) is 16.0. The van der Waals surface area contributed by atoms with Crippen molar-refractivity contribution in [1.29, 1.82) is 0 Å². The van der Waals surface area contributed by atoms with Crippen LogP contribution in [0.2, 0.25) is 0 Å². The minimum atomic E-state index is -0.903. The van der Waals surface area contributed by atoms with E-state index < -0.39 is 5.97 Å². The van der Waals surface area contributed by atoms with Gasteiger partial charge in [0.15, 0.2) is 0 Å². The molecule has 1 unspecified atom stereocenters.